The maximum atomic E-state index is 14.7. The summed E-state index contributed by atoms with van der Waals surface area (Å²) in [6, 6.07) is 12.7. The second-order valence-corrected chi connectivity index (χ2v) is 16.2. The second kappa shape index (κ2) is 24.0. The van der Waals surface area contributed by atoms with Crippen molar-refractivity contribution in [3.8, 4) is 40.1 Å². The highest BCUT2D eigenvalue weighted by Gasteiger charge is 2.36. The summed E-state index contributed by atoms with van der Waals surface area (Å²) in [5.74, 6) is -2.33. The first-order chi connectivity index (χ1) is 31.7. The van der Waals surface area contributed by atoms with E-state index >= 15 is 0 Å². The van der Waals surface area contributed by atoms with E-state index in [0.29, 0.717) is 55.9 Å². The number of hydrogen-bond acceptors (Lipinski definition) is 13. The van der Waals surface area contributed by atoms with Crippen LogP contribution >= 0.6 is 11.6 Å². The van der Waals surface area contributed by atoms with Crippen LogP contribution in [0.1, 0.15) is 71.9 Å². The molecule has 66 heavy (non-hydrogen) atoms. The zero-order valence-corrected chi connectivity index (χ0v) is 38.4. The Morgan fingerprint density at radius 3 is 2.29 bits per heavy atom. The van der Waals surface area contributed by atoms with Gasteiger partial charge in [-0.15, -0.1) is 0 Å². The number of halogens is 1. The van der Waals surface area contributed by atoms with Gasteiger partial charge < -0.3 is 52.8 Å². The van der Waals surface area contributed by atoms with Crippen molar-refractivity contribution in [3.05, 3.63) is 93.8 Å². The molecule has 4 atom stereocenters. The number of aromatic nitrogens is 2. The predicted octanol–water partition coefficient (Wildman–Crippen LogP) is 2.62. The molecule has 0 saturated carbocycles. The number of hydrogen-bond donors (Lipinski definition) is 7. The Bertz CT molecular complexity index is 2450. The third-order valence-corrected chi connectivity index (χ3v) is 11.2. The number of carbonyl (C=O) groups excluding carboxylic acids is 5. The topological polar surface area (TPSA) is 283 Å². The summed E-state index contributed by atoms with van der Waals surface area (Å²) in [4.78, 5) is 80.4. The normalized spacial score (nSPS) is 16.4. The zero-order valence-electron chi connectivity index (χ0n) is 37.6. The number of ether oxygens (including phenoxy) is 2. The molecule has 4 aromatic rings. The van der Waals surface area contributed by atoms with E-state index in [-0.39, 0.29) is 57.8 Å². The van der Waals surface area contributed by atoms with Gasteiger partial charge in [0.05, 0.1) is 22.3 Å². The molecule has 5 rings (SSSR count). The van der Waals surface area contributed by atoms with Crippen LogP contribution in [0, 0.1) is 18.3 Å². The molecule has 18 nitrogen and oxygen atoms in total. The molecule has 19 heteroatoms. The molecule has 350 valence electrons. The van der Waals surface area contributed by atoms with Crippen molar-refractivity contribution in [3.63, 3.8) is 0 Å². The molecule has 4 bridgehead atoms. The van der Waals surface area contributed by atoms with E-state index in [1.165, 1.54) is 25.1 Å². The lowest BCUT2D eigenvalue weighted by atomic mass is 9.93. The molecule has 0 radical (unpaired) electrons. The largest absolute Gasteiger partial charge is 0.492 e. The van der Waals surface area contributed by atoms with Gasteiger partial charge in [0.1, 0.15) is 55.4 Å². The number of nitrogens with two attached hydrogens (primary N) is 3. The van der Waals surface area contributed by atoms with E-state index in [4.69, 9.17) is 43.5 Å². The Kier molecular flexibility index (Phi) is 18.3. The Labute approximate surface area is 389 Å². The number of unbranched alkanes of at least 4 members (excludes halogenated alkanes) is 1. The predicted molar refractivity (Wildman–Crippen MR) is 249 cm³/mol. The van der Waals surface area contributed by atoms with Crippen LogP contribution in [0.5, 0.6) is 11.5 Å². The molecule has 5 amide bonds. The van der Waals surface area contributed by atoms with Crippen molar-refractivity contribution in [2.24, 2.45) is 17.2 Å². The number of nitrogens with one attached hydrogen (secondary N) is 4. The Balaban J connectivity index is 1.55. The second-order valence-electron chi connectivity index (χ2n) is 15.8. The number of nitriles is 1. The fraction of sp³-hybridized carbons (Fsp3) is 0.404. The molecular weight excluding hydrogens is 866 g/mol. The first-order valence-electron chi connectivity index (χ1n) is 21.8. The summed E-state index contributed by atoms with van der Waals surface area (Å²) in [5.41, 5.74) is 21.7. The van der Waals surface area contributed by atoms with Crippen LogP contribution in [0.15, 0.2) is 60.8 Å². The quantitative estimate of drug-likeness (QED) is 0.0708. The van der Waals surface area contributed by atoms with Gasteiger partial charge in [-0.3, -0.25) is 24.0 Å². The van der Waals surface area contributed by atoms with Gasteiger partial charge in [-0.05, 0) is 92.7 Å². The molecule has 1 aliphatic rings. The van der Waals surface area contributed by atoms with Crippen molar-refractivity contribution in [2.75, 3.05) is 46.4 Å². The fourth-order valence-corrected chi connectivity index (χ4v) is 7.75. The van der Waals surface area contributed by atoms with E-state index in [2.05, 4.69) is 38.2 Å². The molecule has 0 spiro atoms. The average Bonchev–Trinajstić information content (AvgIpc) is 3.30. The first-order valence-corrected chi connectivity index (χ1v) is 22.2. The monoisotopic (exact) mass is 923 g/mol. The lowest BCUT2D eigenvalue weighted by molar-refractivity contribution is -0.141. The highest BCUT2D eigenvalue weighted by atomic mass is 35.5. The van der Waals surface area contributed by atoms with Crippen molar-refractivity contribution >= 4 is 41.1 Å². The highest BCUT2D eigenvalue weighted by Crippen LogP contribution is 2.40. The molecule has 1 aliphatic heterocycles. The van der Waals surface area contributed by atoms with Crippen molar-refractivity contribution in [1.82, 2.24) is 36.1 Å². The maximum Gasteiger partial charge on any atom is 0.255 e. The standard InChI is InChI=1S/C47H58ClN11O7/c1-5-6-7-29-8-11-32(36(48)23-29)42-54-26-35(27(2)55-42)44(61)57-37(14-15-49)47(64)59(4)41-31-10-13-40(66-21-18-52)34(25-31)33-22-30(9-12-39(33)65-20-17-51)24-38(45(62)53-19-16-50)58-43(60)28(3)56-46(41)63/h8-13,22-23,25-26,28,37-38,41H,5-7,14-15,17-21,24,49,51-52H2,1-4H3,(H,53,62)(H,56,63)(H,57,61)(H,58,60)/t28-,37-,38-,41-/m0/s1. The third kappa shape index (κ3) is 12.6. The highest BCUT2D eigenvalue weighted by molar-refractivity contribution is 6.33. The zero-order chi connectivity index (χ0) is 47.9. The minimum absolute atomic E-state index is 0.00222. The Morgan fingerprint density at radius 2 is 1.65 bits per heavy atom. The SMILES string of the molecule is CCCCc1ccc(-c2ncc(C(=O)N[C@@H](CCN)C(=O)N(C)[C@@H]3C(=O)N[C@@H](C)C(=O)N[C@H](C(=O)NCC#N)Cc4ccc(OCCN)c(c4)-c4cc3ccc4OCCN)c(C)n2)c(Cl)c1. The van der Waals surface area contributed by atoms with Gasteiger partial charge in [0.15, 0.2) is 5.82 Å². The van der Waals surface area contributed by atoms with Crippen LogP contribution in [-0.4, -0.2) is 109 Å². The van der Waals surface area contributed by atoms with Gasteiger partial charge in [0, 0.05) is 49.4 Å². The number of rotatable bonds is 18. The number of amides is 5. The van der Waals surface area contributed by atoms with Crippen molar-refractivity contribution in [2.45, 2.75) is 77.0 Å². The van der Waals surface area contributed by atoms with Crippen LogP contribution in [0.25, 0.3) is 22.5 Å². The van der Waals surface area contributed by atoms with Crippen LogP contribution in [-0.2, 0) is 32.0 Å². The van der Waals surface area contributed by atoms with Gasteiger partial charge in [0.25, 0.3) is 5.91 Å². The molecule has 1 aromatic heterocycles. The van der Waals surface area contributed by atoms with Crippen LogP contribution < -0.4 is 47.9 Å². The molecular formula is C47H58ClN11O7. The van der Waals surface area contributed by atoms with E-state index in [0.717, 1.165) is 24.8 Å². The molecule has 2 heterocycles. The number of fused-ring (bicyclic) bond motifs is 5. The first kappa shape index (κ1) is 50.4. The summed E-state index contributed by atoms with van der Waals surface area (Å²) in [5, 5.41) is 20.3. The van der Waals surface area contributed by atoms with Crippen LogP contribution in [0.2, 0.25) is 5.02 Å². The molecule has 10 N–H and O–H groups in total. The van der Waals surface area contributed by atoms with Crippen LogP contribution in [0.3, 0.4) is 0 Å². The van der Waals surface area contributed by atoms with Gasteiger partial charge in [-0.2, -0.15) is 5.26 Å². The smallest absolute Gasteiger partial charge is 0.255 e. The molecule has 0 aliphatic carbocycles. The number of carbonyl (C=O) groups is 5. The van der Waals surface area contributed by atoms with Gasteiger partial charge in [-0.25, -0.2) is 9.97 Å². The average molecular weight is 925 g/mol. The van der Waals surface area contributed by atoms with E-state index in [9.17, 15) is 24.0 Å². The summed E-state index contributed by atoms with van der Waals surface area (Å²) < 4.78 is 12.2. The van der Waals surface area contributed by atoms with E-state index < -0.39 is 53.7 Å². The number of nitrogens with zero attached hydrogens (tertiary/aromatic N) is 4. The molecule has 3 aromatic carbocycles. The van der Waals surface area contributed by atoms with Crippen molar-refractivity contribution in [1.29, 1.82) is 5.26 Å². The van der Waals surface area contributed by atoms with Gasteiger partial charge in [0.2, 0.25) is 23.6 Å². The van der Waals surface area contributed by atoms with E-state index in [1.807, 2.05) is 24.3 Å². The molecule has 0 saturated heterocycles. The summed E-state index contributed by atoms with van der Waals surface area (Å²) >= 11 is 6.64. The summed E-state index contributed by atoms with van der Waals surface area (Å²) in [7, 11) is 1.40. The third-order valence-electron chi connectivity index (χ3n) is 10.9. The number of aryl methyl sites for hydroxylation is 2. The lowest BCUT2D eigenvalue weighted by Gasteiger charge is -2.32. The maximum absolute atomic E-state index is 14.7. The lowest BCUT2D eigenvalue weighted by Crippen LogP contribution is -2.56. The minimum atomic E-state index is -1.41. The van der Waals surface area contributed by atoms with Crippen molar-refractivity contribution < 1.29 is 33.4 Å². The summed E-state index contributed by atoms with van der Waals surface area (Å²) in [6.45, 7) is 5.53. The number of benzene rings is 3. The van der Waals surface area contributed by atoms with Crippen LogP contribution in [0.4, 0.5) is 0 Å². The van der Waals surface area contributed by atoms with E-state index in [1.54, 1.807) is 43.3 Å². The van der Waals surface area contributed by atoms with Gasteiger partial charge >= 0.3 is 0 Å². The Hall–Kier alpha value is -6.65. The van der Waals surface area contributed by atoms with Gasteiger partial charge in [-0.1, -0.05) is 43.1 Å². The molecule has 0 unspecified atom stereocenters. The minimum Gasteiger partial charge on any atom is -0.492 e. The fourth-order valence-electron chi connectivity index (χ4n) is 7.46. The Morgan fingerprint density at radius 1 is 0.955 bits per heavy atom. The number of likely N-dealkylation sites (N-methyl/N-ethyl adjacent to an activating group) is 1. The molecule has 0 fully saturated rings. The summed E-state index contributed by atoms with van der Waals surface area (Å²) in [6.07, 6.45) is 4.32.